The quantitative estimate of drug-likeness (QED) is 0.0976. The first kappa shape index (κ1) is 68.5. The summed E-state index contributed by atoms with van der Waals surface area (Å²) >= 11 is 0. The first-order valence-electron chi connectivity index (χ1n) is 20.3. The van der Waals surface area contributed by atoms with E-state index in [-0.39, 0.29) is 11.8 Å². The second-order valence-corrected chi connectivity index (χ2v) is 15.8. The maximum Gasteiger partial charge on any atom is 0.322 e. The van der Waals surface area contributed by atoms with Crippen LogP contribution in [0, 0.1) is 23.7 Å². The molecule has 0 aliphatic heterocycles. The number of carboxylic acids is 7. The van der Waals surface area contributed by atoms with Crippen LogP contribution < -0.4 is 40.1 Å². The highest BCUT2D eigenvalue weighted by Crippen LogP contribution is 2.04. The van der Waals surface area contributed by atoms with E-state index in [1.807, 2.05) is 88.4 Å². The minimum absolute atomic E-state index is 0.0208. The van der Waals surface area contributed by atoms with Gasteiger partial charge in [-0.1, -0.05) is 116 Å². The molecule has 65 heavy (non-hydrogen) atoms. The lowest BCUT2D eigenvalue weighted by Gasteiger charge is -2.07. The molecule has 22 nitrogen and oxygen atoms in total. The number of benzene rings is 2. The molecule has 2 rings (SSSR count). The summed E-state index contributed by atoms with van der Waals surface area (Å²) in [6, 6.07) is 13.2. The summed E-state index contributed by atoms with van der Waals surface area (Å²) < 4.78 is 0. The van der Waals surface area contributed by atoms with Gasteiger partial charge < -0.3 is 81.0 Å². The predicted octanol–water partition coefficient (Wildman–Crippen LogP) is 0.670. The fourth-order valence-corrected chi connectivity index (χ4v) is 3.78. The first-order chi connectivity index (χ1) is 29.8. The molecule has 0 radical (unpaired) electrons. The monoisotopic (exact) mass is 932 g/mol. The molecule has 0 fully saturated rings. The van der Waals surface area contributed by atoms with Crippen LogP contribution >= 0.6 is 0 Å². The average molecular weight is 932 g/mol. The fourth-order valence-electron chi connectivity index (χ4n) is 3.78. The fraction of sp³-hybridized carbons (Fsp3) is 0.558. The van der Waals surface area contributed by atoms with Crippen molar-refractivity contribution >= 4 is 41.8 Å². The number of nitrogens with two attached hydrogens (primary N) is 7. The summed E-state index contributed by atoms with van der Waals surface area (Å²) in [5, 5.41) is 66.0. The van der Waals surface area contributed by atoms with E-state index in [2.05, 4.69) is 0 Å². The van der Waals surface area contributed by atoms with Crippen molar-refractivity contribution in [3.05, 3.63) is 71.8 Å². The predicted molar refractivity (Wildman–Crippen MR) is 245 cm³/mol. The standard InChI is InChI=1S/2C9H11NO2.2C6H13NO2.2C5H11NO2.C3H7NO3/c2*10-8(9(11)12)6-7-4-2-1-3-5-7;2*1-4(2)3-5(7)6(8)9;2*1-3(2)4(6)5(7)8;4-2(1-5)3(6)7/h2*1-5,8H,6,10H2,(H,11,12);2*4-5H,3,7H2,1-2H3,(H,8,9);2*3-4H,6H2,1-2H3,(H,7,8);2,5H,1,4H2,(H,6,7). The molecule has 22 heteroatoms. The minimum Gasteiger partial charge on any atom is -0.480 e. The zero-order chi connectivity index (χ0) is 52.2. The molecule has 2 aromatic rings. The number of carboxylic acid groups (broad SMARTS) is 7. The minimum atomic E-state index is -1.18. The Bertz CT molecular complexity index is 1500. The molecular formula is C43H77N7O15. The highest BCUT2D eigenvalue weighted by Gasteiger charge is 2.16. The number of aliphatic hydroxyl groups is 1. The van der Waals surface area contributed by atoms with E-state index in [9.17, 15) is 33.6 Å². The molecule has 0 aliphatic rings. The summed E-state index contributed by atoms with van der Waals surface area (Å²) in [7, 11) is 0. The summed E-state index contributed by atoms with van der Waals surface area (Å²) in [6.07, 6.45) is 1.87. The lowest BCUT2D eigenvalue weighted by Crippen LogP contribution is -2.34. The van der Waals surface area contributed by atoms with Gasteiger partial charge in [-0.3, -0.25) is 33.6 Å². The Hall–Kier alpha value is -5.59. The van der Waals surface area contributed by atoms with Crippen LogP contribution in [0.2, 0.25) is 0 Å². The Kier molecular flexibility index (Phi) is 42.1. The Morgan fingerprint density at radius 3 is 0.723 bits per heavy atom. The van der Waals surface area contributed by atoms with Gasteiger partial charge in [0.05, 0.1) is 6.61 Å². The van der Waals surface area contributed by atoms with Crippen molar-refractivity contribution in [2.75, 3.05) is 6.61 Å². The molecule has 374 valence electrons. The van der Waals surface area contributed by atoms with E-state index in [1.54, 1.807) is 27.7 Å². The van der Waals surface area contributed by atoms with Gasteiger partial charge in [0.1, 0.15) is 42.3 Å². The van der Waals surface area contributed by atoms with Gasteiger partial charge in [-0.15, -0.1) is 0 Å². The van der Waals surface area contributed by atoms with Gasteiger partial charge in [0.15, 0.2) is 0 Å². The van der Waals surface area contributed by atoms with Crippen molar-refractivity contribution in [1.29, 1.82) is 0 Å². The summed E-state index contributed by atoms with van der Waals surface area (Å²) in [6.45, 7) is 14.4. The molecule has 22 N–H and O–H groups in total. The van der Waals surface area contributed by atoms with Gasteiger partial charge >= 0.3 is 41.8 Å². The van der Waals surface area contributed by atoms with Crippen LogP contribution in [-0.2, 0) is 46.4 Å². The van der Waals surface area contributed by atoms with Crippen LogP contribution in [0.3, 0.4) is 0 Å². The Balaban J connectivity index is -0.000000218. The second-order valence-electron chi connectivity index (χ2n) is 15.8. The zero-order valence-corrected chi connectivity index (χ0v) is 38.6. The third-order valence-corrected chi connectivity index (χ3v) is 7.84. The van der Waals surface area contributed by atoms with E-state index in [0.717, 1.165) is 11.1 Å². The molecule has 2 aromatic carbocycles. The molecule has 0 saturated heterocycles. The Morgan fingerprint density at radius 2 is 0.615 bits per heavy atom. The largest absolute Gasteiger partial charge is 0.480 e. The molecule has 7 unspecified atom stereocenters. The Morgan fingerprint density at radius 1 is 0.385 bits per heavy atom. The smallest absolute Gasteiger partial charge is 0.322 e. The van der Waals surface area contributed by atoms with Crippen LogP contribution in [-0.4, -0.2) is 132 Å². The van der Waals surface area contributed by atoms with E-state index in [1.165, 1.54) is 0 Å². The van der Waals surface area contributed by atoms with Gasteiger partial charge in [-0.2, -0.15) is 0 Å². The van der Waals surface area contributed by atoms with Gasteiger partial charge in [0, 0.05) is 0 Å². The number of rotatable bonds is 18. The van der Waals surface area contributed by atoms with E-state index in [4.69, 9.17) is 81.0 Å². The molecule has 0 heterocycles. The number of carbonyl (C=O) groups is 7. The summed E-state index contributed by atoms with van der Waals surface area (Å²) in [5.74, 6) is -6.03. The maximum absolute atomic E-state index is 10.4. The van der Waals surface area contributed by atoms with Gasteiger partial charge in [-0.05, 0) is 60.5 Å². The molecule has 0 spiro atoms. The molecule has 0 aromatic heterocycles. The average Bonchev–Trinajstić information content (AvgIpc) is 3.21. The lowest BCUT2D eigenvalue weighted by atomic mass is 10.1. The number of hydrogen-bond donors (Lipinski definition) is 15. The van der Waals surface area contributed by atoms with Crippen molar-refractivity contribution in [3.8, 4) is 0 Å². The van der Waals surface area contributed by atoms with Gasteiger partial charge in [-0.25, -0.2) is 0 Å². The molecule has 0 aliphatic carbocycles. The highest BCUT2D eigenvalue weighted by molar-refractivity contribution is 5.75. The molecule has 0 saturated carbocycles. The maximum atomic E-state index is 10.4. The molecule has 0 bridgehead atoms. The summed E-state index contributed by atoms with van der Waals surface area (Å²) in [5.41, 5.74) is 38.1. The number of aliphatic carboxylic acids is 7. The highest BCUT2D eigenvalue weighted by atomic mass is 16.4. The second kappa shape index (κ2) is 40.0. The van der Waals surface area contributed by atoms with Crippen molar-refractivity contribution in [2.45, 2.75) is 123 Å². The van der Waals surface area contributed by atoms with Crippen LogP contribution in [0.15, 0.2) is 60.7 Å². The zero-order valence-electron chi connectivity index (χ0n) is 38.6. The van der Waals surface area contributed by atoms with Crippen molar-refractivity contribution < 1.29 is 74.4 Å². The number of hydrogen-bond acceptors (Lipinski definition) is 15. The molecular weight excluding hydrogens is 855 g/mol. The van der Waals surface area contributed by atoms with Gasteiger partial charge in [0.2, 0.25) is 0 Å². The van der Waals surface area contributed by atoms with Crippen molar-refractivity contribution in [1.82, 2.24) is 0 Å². The normalized spacial score (nSPS) is 13.3. The van der Waals surface area contributed by atoms with Gasteiger partial charge in [0.25, 0.3) is 0 Å². The topological polar surface area (TPSA) is 463 Å². The van der Waals surface area contributed by atoms with Crippen LogP contribution in [0.1, 0.15) is 79.4 Å². The van der Waals surface area contributed by atoms with E-state index >= 15 is 0 Å². The SMILES string of the molecule is CC(C)C(N)C(=O)O.CC(C)C(N)C(=O)O.CC(C)CC(N)C(=O)O.CC(C)CC(N)C(=O)O.NC(CO)C(=O)O.NC(Cc1ccccc1)C(=O)O.NC(Cc1ccccc1)C(=O)O. The third-order valence-electron chi connectivity index (χ3n) is 7.84. The lowest BCUT2D eigenvalue weighted by molar-refractivity contribution is -0.140. The van der Waals surface area contributed by atoms with E-state index < -0.39 is 90.7 Å². The Labute approximate surface area is 381 Å². The van der Waals surface area contributed by atoms with Crippen LogP contribution in [0.25, 0.3) is 0 Å². The molecule has 7 atom stereocenters. The summed E-state index contributed by atoms with van der Waals surface area (Å²) in [4.78, 5) is 70.7. The van der Waals surface area contributed by atoms with Crippen LogP contribution in [0.4, 0.5) is 0 Å². The van der Waals surface area contributed by atoms with Crippen LogP contribution in [0.5, 0.6) is 0 Å². The van der Waals surface area contributed by atoms with Crippen molar-refractivity contribution in [3.63, 3.8) is 0 Å². The molecule has 0 amide bonds. The third kappa shape index (κ3) is 44.8. The first-order valence-corrected chi connectivity index (χ1v) is 20.3. The number of aliphatic hydroxyl groups excluding tert-OH is 1. The van der Waals surface area contributed by atoms with Crippen molar-refractivity contribution in [2.24, 2.45) is 63.8 Å². The van der Waals surface area contributed by atoms with E-state index in [0.29, 0.717) is 37.5 Å².